The largest absolute Gasteiger partial charge is 0.322 e. The lowest BCUT2D eigenvalue weighted by Gasteiger charge is -2.01. The Hall–Kier alpha value is -2.68. The SMILES string of the molecule is Cn1cc(NC(=O)CN=C2NS(=O)(=O)c3ccccc32)cn1. The van der Waals surface area contributed by atoms with Crippen molar-refractivity contribution in [3.63, 3.8) is 0 Å². The molecule has 1 aromatic carbocycles. The standard InChI is InChI=1S/C13H13N5O3S/c1-18-8-9(6-15-18)16-12(19)7-14-13-10-4-2-3-5-11(10)22(20,21)17-13/h2-6,8H,7H2,1H3,(H,14,17)(H,16,19). The first-order valence-corrected chi connectivity index (χ1v) is 7.89. The summed E-state index contributed by atoms with van der Waals surface area (Å²) in [5, 5.41) is 6.56. The van der Waals surface area contributed by atoms with Gasteiger partial charge in [0.1, 0.15) is 12.4 Å². The van der Waals surface area contributed by atoms with E-state index in [1.54, 1.807) is 36.1 Å². The number of fused-ring (bicyclic) bond motifs is 1. The first-order valence-electron chi connectivity index (χ1n) is 6.41. The van der Waals surface area contributed by atoms with Crippen molar-refractivity contribution in [2.45, 2.75) is 4.90 Å². The number of benzene rings is 1. The molecule has 0 spiro atoms. The normalized spacial score (nSPS) is 17.0. The highest BCUT2D eigenvalue weighted by atomic mass is 32.2. The van der Waals surface area contributed by atoms with E-state index in [0.29, 0.717) is 11.3 Å². The molecule has 8 nitrogen and oxygen atoms in total. The zero-order chi connectivity index (χ0) is 15.7. The van der Waals surface area contributed by atoms with Gasteiger partial charge in [0.2, 0.25) is 5.91 Å². The molecule has 3 rings (SSSR count). The summed E-state index contributed by atoms with van der Waals surface area (Å²) in [7, 11) is -1.85. The fraction of sp³-hybridized carbons (Fsp3) is 0.154. The van der Waals surface area contributed by atoms with E-state index in [0.717, 1.165) is 0 Å². The Labute approximate surface area is 126 Å². The van der Waals surface area contributed by atoms with Gasteiger partial charge in [-0.15, -0.1) is 0 Å². The average molecular weight is 319 g/mol. The Kier molecular flexibility index (Phi) is 3.41. The van der Waals surface area contributed by atoms with Crippen molar-refractivity contribution < 1.29 is 13.2 Å². The number of nitrogens with one attached hydrogen (secondary N) is 2. The summed E-state index contributed by atoms with van der Waals surface area (Å²) in [6.07, 6.45) is 3.16. The van der Waals surface area contributed by atoms with Gasteiger partial charge < -0.3 is 5.32 Å². The highest BCUT2D eigenvalue weighted by Gasteiger charge is 2.30. The first kappa shape index (κ1) is 14.3. The number of amides is 1. The van der Waals surface area contributed by atoms with Gasteiger partial charge in [-0.3, -0.25) is 19.2 Å². The van der Waals surface area contributed by atoms with Crippen molar-refractivity contribution in [1.82, 2.24) is 14.5 Å². The smallest absolute Gasteiger partial charge is 0.263 e. The van der Waals surface area contributed by atoms with Crippen LogP contribution in [0.2, 0.25) is 0 Å². The lowest BCUT2D eigenvalue weighted by atomic mass is 10.2. The van der Waals surface area contributed by atoms with Crippen LogP contribution in [0, 0.1) is 0 Å². The van der Waals surface area contributed by atoms with E-state index in [1.807, 2.05) is 0 Å². The maximum atomic E-state index is 11.9. The maximum Gasteiger partial charge on any atom is 0.263 e. The number of aromatic nitrogens is 2. The van der Waals surface area contributed by atoms with E-state index in [2.05, 4.69) is 20.1 Å². The maximum absolute atomic E-state index is 11.9. The van der Waals surface area contributed by atoms with Gasteiger partial charge in [0.15, 0.2) is 0 Å². The number of anilines is 1. The summed E-state index contributed by atoms with van der Waals surface area (Å²) in [6, 6.07) is 6.49. The Morgan fingerprint density at radius 3 is 2.91 bits per heavy atom. The third-order valence-electron chi connectivity index (χ3n) is 3.03. The second kappa shape index (κ2) is 5.26. The summed E-state index contributed by atoms with van der Waals surface area (Å²) >= 11 is 0. The molecule has 0 bridgehead atoms. The molecule has 2 N–H and O–H groups in total. The third-order valence-corrected chi connectivity index (χ3v) is 4.43. The van der Waals surface area contributed by atoms with Crippen molar-refractivity contribution in [1.29, 1.82) is 0 Å². The first-order chi connectivity index (χ1) is 10.5. The zero-order valence-corrected chi connectivity index (χ0v) is 12.5. The topological polar surface area (TPSA) is 105 Å². The van der Waals surface area contributed by atoms with Gasteiger partial charge in [-0.2, -0.15) is 5.10 Å². The number of carbonyl (C=O) groups is 1. The van der Waals surface area contributed by atoms with E-state index in [-0.39, 0.29) is 23.2 Å². The zero-order valence-electron chi connectivity index (χ0n) is 11.6. The molecule has 1 aromatic heterocycles. The van der Waals surface area contributed by atoms with Gasteiger partial charge in [0.05, 0.1) is 16.8 Å². The minimum absolute atomic E-state index is 0.168. The van der Waals surface area contributed by atoms with Gasteiger partial charge in [0, 0.05) is 18.8 Å². The number of sulfonamides is 1. The van der Waals surface area contributed by atoms with Gasteiger partial charge >= 0.3 is 0 Å². The quantitative estimate of drug-likeness (QED) is 0.836. The molecule has 0 atom stereocenters. The van der Waals surface area contributed by atoms with Gasteiger partial charge in [-0.25, -0.2) is 8.42 Å². The number of nitrogens with zero attached hydrogens (tertiary/aromatic N) is 3. The molecule has 114 valence electrons. The molecule has 2 heterocycles. The molecule has 9 heteroatoms. The number of amidine groups is 1. The second-order valence-electron chi connectivity index (χ2n) is 4.72. The monoisotopic (exact) mass is 319 g/mol. The molecule has 0 saturated heterocycles. The predicted octanol–water partition coefficient (Wildman–Crippen LogP) is 0.0973. The van der Waals surface area contributed by atoms with Gasteiger partial charge in [-0.1, -0.05) is 12.1 Å². The van der Waals surface area contributed by atoms with Crippen LogP contribution in [0.15, 0.2) is 46.5 Å². The minimum atomic E-state index is -3.58. The van der Waals surface area contributed by atoms with Crippen LogP contribution in [0.25, 0.3) is 0 Å². The number of hydrogen-bond donors (Lipinski definition) is 2. The highest BCUT2D eigenvalue weighted by Crippen LogP contribution is 2.22. The molecular formula is C13H13N5O3S. The van der Waals surface area contributed by atoms with E-state index < -0.39 is 10.0 Å². The van der Waals surface area contributed by atoms with E-state index >= 15 is 0 Å². The summed E-state index contributed by atoms with van der Waals surface area (Å²) in [6.45, 7) is -0.193. The van der Waals surface area contributed by atoms with Crippen molar-refractivity contribution in [2.75, 3.05) is 11.9 Å². The molecule has 0 saturated carbocycles. The van der Waals surface area contributed by atoms with Crippen LogP contribution in [-0.2, 0) is 21.9 Å². The van der Waals surface area contributed by atoms with Crippen LogP contribution in [0.5, 0.6) is 0 Å². The molecule has 0 unspecified atom stereocenters. The van der Waals surface area contributed by atoms with Crippen molar-refractivity contribution in [2.24, 2.45) is 12.0 Å². The molecule has 22 heavy (non-hydrogen) atoms. The predicted molar refractivity (Wildman–Crippen MR) is 80.0 cm³/mol. The second-order valence-corrected chi connectivity index (χ2v) is 6.37. The summed E-state index contributed by atoms with van der Waals surface area (Å²) in [5.41, 5.74) is 1.02. The number of aliphatic imine (C=N–C) groups is 1. The number of carbonyl (C=O) groups excluding carboxylic acids is 1. The number of hydrogen-bond acceptors (Lipinski definition) is 5. The molecule has 1 aliphatic rings. The lowest BCUT2D eigenvalue weighted by Crippen LogP contribution is -2.24. The summed E-state index contributed by atoms with van der Waals surface area (Å²) in [4.78, 5) is 16.0. The van der Waals surface area contributed by atoms with Crippen LogP contribution < -0.4 is 10.0 Å². The Morgan fingerprint density at radius 2 is 2.18 bits per heavy atom. The minimum Gasteiger partial charge on any atom is -0.322 e. The molecular weight excluding hydrogens is 306 g/mol. The number of aryl methyl sites for hydroxylation is 1. The lowest BCUT2D eigenvalue weighted by molar-refractivity contribution is -0.114. The van der Waals surface area contributed by atoms with Crippen LogP contribution in [-0.4, -0.2) is 36.5 Å². The van der Waals surface area contributed by atoms with Crippen LogP contribution in [0.3, 0.4) is 0 Å². The Balaban J connectivity index is 1.75. The van der Waals surface area contributed by atoms with Crippen LogP contribution in [0.1, 0.15) is 5.56 Å². The van der Waals surface area contributed by atoms with Gasteiger partial charge in [0.25, 0.3) is 10.0 Å². The fourth-order valence-electron chi connectivity index (χ4n) is 2.09. The molecule has 0 fully saturated rings. The third kappa shape index (κ3) is 2.70. The number of rotatable bonds is 3. The summed E-state index contributed by atoms with van der Waals surface area (Å²) < 4.78 is 27.7. The molecule has 2 aromatic rings. The van der Waals surface area contributed by atoms with Crippen molar-refractivity contribution >= 4 is 27.5 Å². The fourth-order valence-corrected chi connectivity index (χ4v) is 3.34. The Bertz CT molecular complexity index is 869. The summed E-state index contributed by atoms with van der Waals surface area (Å²) in [5.74, 6) is -0.180. The van der Waals surface area contributed by atoms with E-state index in [9.17, 15) is 13.2 Å². The Morgan fingerprint density at radius 1 is 1.41 bits per heavy atom. The van der Waals surface area contributed by atoms with E-state index in [1.165, 1.54) is 12.3 Å². The average Bonchev–Trinajstić information content (AvgIpc) is 2.99. The molecule has 1 amide bonds. The van der Waals surface area contributed by atoms with Crippen LogP contribution >= 0.6 is 0 Å². The molecule has 0 aliphatic carbocycles. The molecule has 1 aliphatic heterocycles. The van der Waals surface area contributed by atoms with Crippen LogP contribution in [0.4, 0.5) is 5.69 Å². The molecule has 0 radical (unpaired) electrons. The van der Waals surface area contributed by atoms with Gasteiger partial charge in [-0.05, 0) is 12.1 Å². The van der Waals surface area contributed by atoms with E-state index in [4.69, 9.17) is 0 Å². The highest BCUT2D eigenvalue weighted by molar-refractivity contribution is 7.90. The van der Waals surface area contributed by atoms with Crippen molar-refractivity contribution in [3.8, 4) is 0 Å². The van der Waals surface area contributed by atoms with Crippen molar-refractivity contribution in [3.05, 3.63) is 42.2 Å².